The van der Waals surface area contributed by atoms with Crippen LogP contribution in [0, 0.1) is 48.9 Å². The highest BCUT2D eigenvalue weighted by Crippen LogP contribution is 2.45. The van der Waals surface area contributed by atoms with Crippen molar-refractivity contribution < 1.29 is 0 Å². The van der Waals surface area contributed by atoms with Crippen molar-refractivity contribution >= 4 is 6.08 Å². The molecule has 0 aromatic heterocycles. The first kappa shape index (κ1) is 31.6. The van der Waals surface area contributed by atoms with Gasteiger partial charge in [-0.2, -0.15) is 0 Å². The molecule has 0 radical (unpaired) electrons. The van der Waals surface area contributed by atoms with E-state index in [1.807, 2.05) is 0 Å². The number of allylic oxidation sites excluding steroid dienone is 6. The van der Waals surface area contributed by atoms with Crippen LogP contribution in [-0.4, -0.2) is 0 Å². The molecule has 0 heterocycles. The normalized spacial score (nSPS) is 25.6. The zero-order valence-corrected chi connectivity index (χ0v) is 28.3. The number of hydrogen-bond acceptors (Lipinski definition) is 0. The standard InChI is InChI=1S/C43H56/c1-27(2)18-33-15-17-35(30(5)21-33)25-40-31(6)19-28(3)20-42(40)38-13-11-12-36-22-34(24-41(36)38)23-39-29(4)14-16-37(32(39)7)26-43(8,9)10/h11-14,16,19-20,22,30,33,35,37,39H,1,4,7,15,17-18,21,23-26H2,2-3,5-6,8-10H3/t30-,33?,35-,37?,39?/m0/s1. The first-order chi connectivity index (χ1) is 20.3. The van der Waals surface area contributed by atoms with Gasteiger partial charge in [-0.05, 0) is 140 Å². The van der Waals surface area contributed by atoms with Gasteiger partial charge in [-0.15, -0.1) is 6.58 Å². The van der Waals surface area contributed by atoms with Crippen LogP contribution in [0.4, 0.5) is 0 Å². The van der Waals surface area contributed by atoms with Gasteiger partial charge in [0.15, 0.2) is 0 Å². The number of rotatable bonds is 8. The van der Waals surface area contributed by atoms with Crippen molar-refractivity contribution in [1.29, 1.82) is 0 Å². The van der Waals surface area contributed by atoms with E-state index < -0.39 is 0 Å². The van der Waals surface area contributed by atoms with Gasteiger partial charge in [-0.25, -0.2) is 0 Å². The number of hydrogen-bond donors (Lipinski definition) is 0. The molecule has 0 bridgehead atoms. The van der Waals surface area contributed by atoms with E-state index in [1.165, 1.54) is 87.8 Å². The molecule has 0 heteroatoms. The number of benzene rings is 2. The van der Waals surface area contributed by atoms with Crippen molar-refractivity contribution in [3.8, 4) is 11.1 Å². The fourth-order valence-electron chi connectivity index (χ4n) is 8.50. The lowest BCUT2D eigenvalue weighted by Crippen LogP contribution is -2.25. The maximum absolute atomic E-state index is 4.64. The lowest BCUT2D eigenvalue weighted by molar-refractivity contribution is 0.192. The zero-order chi connectivity index (χ0) is 31.1. The molecule has 2 aromatic rings. The lowest BCUT2D eigenvalue weighted by Gasteiger charge is -2.35. The maximum atomic E-state index is 4.64. The summed E-state index contributed by atoms with van der Waals surface area (Å²) in [7, 11) is 0. The van der Waals surface area contributed by atoms with Gasteiger partial charge in [0.2, 0.25) is 0 Å². The van der Waals surface area contributed by atoms with Gasteiger partial charge in [-0.3, -0.25) is 0 Å². The highest BCUT2D eigenvalue weighted by molar-refractivity contribution is 5.80. The molecule has 228 valence electrons. The lowest BCUT2D eigenvalue weighted by atomic mass is 9.70. The topological polar surface area (TPSA) is 0 Å². The molecular formula is C43H56. The Labute approximate surface area is 263 Å². The molecule has 1 saturated carbocycles. The van der Waals surface area contributed by atoms with E-state index in [9.17, 15) is 0 Å². The van der Waals surface area contributed by atoms with E-state index in [-0.39, 0.29) is 5.41 Å². The molecule has 1 fully saturated rings. The first-order valence-corrected chi connectivity index (χ1v) is 16.9. The molecule has 5 atom stereocenters. The van der Waals surface area contributed by atoms with E-state index in [0.29, 0.717) is 11.8 Å². The van der Waals surface area contributed by atoms with E-state index in [4.69, 9.17) is 0 Å². The van der Waals surface area contributed by atoms with Crippen LogP contribution in [0.25, 0.3) is 17.2 Å². The Kier molecular flexibility index (Phi) is 9.27. The van der Waals surface area contributed by atoms with Gasteiger partial charge in [0.1, 0.15) is 0 Å². The molecular weight excluding hydrogens is 516 g/mol. The van der Waals surface area contributed by atoms with Crippen molar-refractivity contribution in [2.24, 2.45) is 35.0 Å². The average Bonchev–Trinajstić information content (AvgIpc) is 3.33. The molecule has 0 aliphatic heterocycles. The summed E-state index contributed by atoms with van der Waals surface area (Å²) in [6.07, 6.45) is 16.7. The molecule has 0 spiro atoms. The van der Waals surface area contributed by atoms with Gasteiger partial charge >= 0.3 is 0 Å². The summed E-state index contributed by atoms with van der Waals surface area (Å²) >= 11 is 0. The largest absolute Gasteiger partial charge is 0.100 e. The fraction of sp³-hybridized carbons (Fsp3) is 0.488. The molecule has 0 amide bonds. The minimum Gasteiger partial charge on any atom is -0.100 e. The summed E-state index contributed by atoms with van der Waals surface area (Å²) in [4.78, 5) is 0. The second kappa shape index (κ2) is 12.6. The quantitative estimate of drug-likeness (QED) is 0.276. The summed E-state index contributed by atoms with van der Waals surface area (Å²) in [6, 6.07) is 11.9. The summed E-state index contributed by atoms with van der Waals surface area (Å²) < 4.78 is 0. The van der Waals surface area contributed by atoms with Crippen molar-refractivity contribution in [2.45, 2.75) is 99.8 Å². The van der Waals surface area contributed by atoms with Crippen molar-refractivity contribution in [3.05, 3.63) is 112 Å². The van der Waals surface area contributed by atoms with Crippen molar-refractivity contribution in [3.63, 3.8) is 0 Å². The van der Waals surface area contributed by atoms with Gasteiger partial charge in [0.25, 0.3) is 0 Å². The van der Waals surface area contributed by atoms with E-state index in [1.54, 1.807) is 5.56 Å². The Morgan fingerprint density at radius 2 is 1.77 bits per heavy atom. The zero-order valence-electron chi connectivity index (χ0n) is 28.3. The Balaban J connectivity index is 1.38. The Morgan fingerprint density at radius 1 is 1.00 bits per heavy atom. The van der Waals surface area contributed by atoms with Gasteiger partial charge in [-0.1, -0.05) is 112 Å². The molecule has 2 aromatic carbocycles. The third-order valence-corrected chi connectivity index (χ3v) is 10.7. The summed E-state index contributed by atoms with van der Waals surface area (Å²) in [5.41, 5.74) is 15.9. The molecule has 3 aliphatic carbocycles. The van der Waals surface area contributed by atoms with Crippen LogP contribution in [0.3, 0.4) is 0 Å². The minimum atomic E-state index is 0.282. The monoisotopic (exact) mass is 572 g/mol. The highest BCUT2D eigenvalue weighted by Gasteiger charge is 2.31. The average molecular weight is 573 g/mol. The summed E-state index contributed by atoms with van der Waals surface area (Å²) in [5.74, 6) is 3.10. The number of aryl methyl sites for hydroxylation is 2. The molecule has 0 saturated heterocycles. The van der Waals surface area contributed by atoms with Crippen LogP contribution < -0.4 is 0 Å². The predicted molar refractivity (Wildman–Crippen MR) is 189 cm³/mol. The Hall–Kier alpha value is -2.86. The SMILES string of the molecule is C=C(C)CC1CC[C@@H](Cc2c(C)cc(C)cc2-c2cccc3c2CC(CC2C(=C)C=CC(CC(C)(C)C)C2=C)=C3)[C@@H](C)C1. The third-order valence-electron chi connectivity index (χ3n) is 10.7. The molecule has 3 aliphatic rings. The van der Waals surface area contributed by atoms with Crippen LogP contribution in [0.5, 0.6) is 0 Å². The van der Waals surface area contributed by atoms with Crippen molar-refractivity contribution in [2.75, 3.05) is 0 Å². The molecule has 0 N–H and O–H groups in total. The van der Waals surface area contributed by atoms with Gasteiger partial charge in [0.05, 0.1) is 0 Å². The smallest absolute Gasteiger partial charge is 0.00827 e. The van der Waals surface area contributed by atoms with Crippen LogP contribution in [0.1, 0.15) is 101 Å². The summed E-state index contributed by atoms with van der Waals surface area (Å²) in [5, 5.41) is 0. The predicted octanol–water partition coefficient (Wildman–Crippen LogP) is 12.2. The second-order valence-electron chi connectivity index (χ2n) is 15.9. The van der Waals surface area contributed by atoms with E-state index >= 15 is 0 Å². The fourth-order valence-corrected chi connectivity index (χ4v) is 8.50. The van der Waals surface area contributed by atoms with Gasteiger partial charge < -0.3 is 0 Å². The molecule has 3 unspecified atom stereocenters. The molecule has 5 rings (SSSR count). The van der Waals surface area contributed by atoms with Crippen LogP contribution in [0.15, 0.2) is 84.5 Å². The molecule has 0 nitrogen and oxygen atoms in total. The van der Waals surface area contributed by atoms with Crippen LogP contribution >= 0.6 is 0 Å². The van der Waals surface area contributed by atoms with Crippen LogP contribution in [0.2, 0.25) is 0 Å². The third kappa shape index (κ3) is 7.28. The second-order valence-corrected chi connectivity index (χ2v) is 15.9. The Bertz CT molecular complexity index is 1460. The molecule has 43 heavy (non-hydrogen) atoms. The van der Waals surface area contributed by atoms with Gasteiger partial charge in [0, 0.05) is 5.92 Å². The Morgan fingerprint density at radius 3 is 2.47 bits per heavy atom. The highest BCUT2D eigenvalue weighted by atomic mass is 14.4. The first-order valence-electron chi connectivity index (χ1n) is 16.9. The van der Waals surface area contributed by atoms with Crippen LogP contribution in [-0.2, 0) is 12.8 Å². The van der Waals surface area contributed by atoms with E-state index in [2.05, 4.69) is 117 Å². The maximum Gasteiger partial charge on any atom is 0.00827 e. The van der Waals surface area contributed by atoms with E-state index in [0.717, 1.165) is 37.0 Å². The minimum absolute atomic E-state index is 0.282. The van der Waals surface area contributed by atoms with Crippen molar-refractivity contribution in [1.82, 2.24) is 0 Å². The number of fused-ring (bicyclic) bond motifs is 1. The summed E-state index contributed by atoms with van der Waals surface area (Å²) in [6.45, 7) is 29.6.